The Balaban J connectivity index is 1.86. The standard InChI is InChI=1S/C14H23N3/c1-14(2)12-17(9-4-8-16-14)10-6-13-5-3-7-15-11-13/h3,5,7,11,16H,4,6,8-10,12H2,1-2H3. The molecule has 17 heavy (non-hydrogen) atoms. The highest BCUT2D eigenvalue weighted by atomic mass is 15.2. The summed E-state index contributed by atoms with van der Waals surface area (Å²) in [4.78, 5) is 6.73. The van der Waals surface area contributed by atoms with Crippen LogP contribution in [0.15, 0.2) is 24.5 Å². The second kappa shape index (κ2) is 5.61. The molecule has 0 amide bonds. The highest BCUT2D eigenvalue weighted by molar-refractivity contribution is 5.08. The van der Waals surface area contributed by atoms with Gasteiger partial charge in [-0.25, -0.2) is 0 Å². The molecule has 1 N–H and O–H groups in total. The van der Waals surface area contributed by atoms with Crippen molar-refractivity contribution in [2.45, 2.75) is 32.2 Å². The van der Waals surface area contributed by atoms with Crippen LogP contribution < -0.4 is 5.32 Å². The molecule has 1 aromatic rings. The Morgan fingerprint density at radius 1 is 1.47 bits per heavy atom. The molecule has 1 aliphatic heterocycles. The van der Waals surface area contributed by atoms with E-state index in [0.29, 0.717) is 0 Å². The number of pyridine rings is 1. The predicted molar refractivity (Wildman–Crippen MR) is 71.1 cm³/mol. The van der Waals surface area contributed by atoms with Gasteiger partial charge in [-0.3, -0.25) is 4.98 Å². The Labute approximate surface area is 104 Å². The summed E-state index contributed by atoms with van der Waals surface area (Å²) in [7, 11) is 0. The molecule has 1 aromatic heterocycles. The van der Waals surface area contributed by atoms with Gasteiger partial charge in [-0.05, 0) is 51.4 Å². The second-order valence-corrected chi connectivity index (χ2v) is 5.55. The van der Waals surface area contributed by atoms with E-state index < -0.39 is 0 Å². The number of hydrogen-bond acceptors (Lipinski definition) is 3. The molecule has 2 rings (SSSR count). The van der Waals surface area contributed by atoms with Gasteiger partial charge < -0.3 is 10.2 Å². The minimum absolute atomic E-state index is 0.242. The average Bonchev–Trinajstić information content (AvgIpc) is 2.49. The summed E-state index contributed by atoms with van der Waals surface area (Å²) < 4.78 is 0. The van der Waals surface area contributed by atoms with Gasteiger partial charge in [0, 0.05) is 31.0 Å². The van der Waals surface area contributed by atoms with Gasteiger partial charge >= 0.3 is 0 Å². The maximum absolute atomic E-state index is 4.16. The summed E-state index contributed by atoms with van der Waals surface area (Å²) in [5.41, 5.74) is 1.58. The lowest BCUT2D eigenvalue weighted by atomic mass is 10.1. The van der Waals surface area contributed by atoms with Crippen LogP contribution >= 0.6 is 0 Å². The molecule has 0 unspecified atom stereocenters. The van der Waals surface area contributed by atoms with Gasteiger partial charge in [0.05, 0.1) is 0 Å². The lowest BCUT2D eigenvalue weighted by molar-refractivity contribution is 0.233. The third-order valence-electron chi connectivity index (χ3n) is 3.31. The minimum atomic E-state index is 0.242. The van der Waals surface area contributed by atoms with Crippen LogP contribution in [0.25, 0.3) is 0 Å². The third kappa shape index (κ3) is 4.10. The molecular formula is C14H23N3. The minimum Gasteiger partial charge on any atom is -0.310 e. The van der Waals surface area contributed by atoms with Gasteiger partial charge in [-0.2, -0.15) is 0 Å². The van der Waals surface area contributed by atoms with E-state index in [4.69, 9.17) is 0 Å². The lowest BCUT2D eigenvalue weighted by Gasteiger charge is -2.29. The molecule has 1 fully saturated rings. The van der Waals surface area contributed by atoms with Crippen molar-refractivity contribution in [1.29, 1.82) is 0 Å². The Hall–Kier alpha value is -0.930. The number of nitrogens with one attached hydrogen (secondary N) is 1. The molecule has 1 aliphatic rings. The maximum Gasteiger partial charge on any atom is 0.0300 e. The zero-order valence-electron chi connectivity index (χ0n) is 10.9. The van der Waals surface area contributed by atoms with Gasteiger partial charge in [0.25, 0.3) is 0 Å². The van der Waals surface area contributed by atoms with Crippen molar-refractivity contribution in [3.63, 3.8) is 0 Å². The van der Waals surface area contributed by atoms with Crippen LogP contribution in [0.5, 0.6) is 0 Å². The van der Waals surface area contributed by atoms with Crippen LogP contribution in [0.2, 0.25) is 0 Å². The molecule has 2 heterocycles. The number of nitrogens with zero attached hydrogens (tertiary/aromatic N) is 2. The van der Waals surface area contributed by atoms with Gasteiger partial charge in [-0.1, -0.05) is 6.07 Å². The van der Waals surface area contributed by atoms with E-state index in [2.05, 4.69) is 35.1 Å². The maximum atomic E-state index is 4.16. The third-order valence-corrected chi connectivity index (χ3v) is 3.31. The first-order valence-corrected chi connectivity index (χ1v) is 6.52. The van der Waals surface area contributed by atoms with Crippen LogP contribution in [-0.4, -0.2) is 41.6 Å². The molecule has 0 atom stereocenters. The van der Waals surface area contributed by atoms with Crippen LogP contribution in [0.3, 0.4) is 0 Å². The van der Waals surface area contributed by atoms with E-state index in [9.17, 15) is 0 Å². The fourth-order valence-corrected chi connectivity index (χ4v) is 2.45. The number of aromatic nitrogens is 1. The first-order chi connectivity index (χ1) is 8.16. The van der Waals surface area contributed by atoms with Crippen LogP contribution in [0, 0.1) is 0 Å². The summed E-state index contributed by atoms with van der Waals surface area (Å²) in [6.45, 7) is 9.18. The van der Waals surface area contributed by atoms with Gasteiger partial charge in [0.1, 0.15) is 0 Å². The normalized spacial score (nSPS) is 21.1. The van der Waals surface area contributed by atoms with Gasteiger partial charge in [0.2, 0.25) is 0 Å². The van der Waals surface area contributed by atoms with E-state index in [0.717, 1.165) is 26.1 Å². The predicted octanol–water partition coefficient (Wildman–Crippen LogP) is 1.70. The molecule has 0 saturated carbocycles. The molecule has 3 heteroatoms. The first-order valence-electron chi connectivity index (χ1n) is 6.52. The van der Waals surface area contributed by atoms with Crippen molar-refractivity contribution < 1.29 is 0 Å². The molecule has 3 nitrogen and oxygen atoms in total. The quantitative estimate of drug-likeness (QED) is 0.861. The van der Waals surface area contributed by atoms with Crippen LogP contribution in [0.4, 0.5) is 0 Å². The average molecular weight is 233 g/mol. The zero-order valence-corrected chi connectivity index (χ0v) is 10.9. The summed E-state index contributed by atoms with van der Waals surface area (Å²) in [5, 5.41) is 3.59. The molecule has 0 aliphatic carbocycles. The summed E-state index contributed by atoms with van der Waals surface area (Å²) in [6.07, 6.45) is 6.16. The second-order valence-electron chi connectivity index (χ2n) is 5.55. The molecular weight excluding hydrogens is 210 g/mol. The van der Waals surface area contributed by atoms with Crippen LogP contribution in [-0.2, 0) is 6.42 Å². The van der Waals surface area contributed by atoms with Crippen molar-refractivity contribution in [1.82, 2.24) is 15.2 Å². The Morgan fingerprint density at radius 3 is 3.12 bits per heavy atom. The molecule has 0 bridgehead atoms. The lowest BCUT2D eigenvalue weighted by Crippen LogP contribution is -2.46. The van der Waals surface area contributed by atoms with E-state index in [1.165, 1.54) is 18.5 Å². The number of hydrogen-bond donors (Lipinski definition) is 1. The number of rotatable bonds is 3. The Bertz CT molecular complexity index is 335. The van der Waals surface area contributed by atoms with Crippen molar-refractivity contribution in [3.8, 4) is 0 Å². The molecule has 0 radical (unpaired) electrons. The van der Waals surface area contributed by atoms with Crippen molar-refractivity contribution >= 4 is 0 Å². The fraction of sp³-hybridized carbons (Fsp3) is 0.643. The van der Waals surface area contributed by atoms with Gasteiger partial charge in [0.15, 0.2) is 0 Å². The molecule has 0 spiro atoms. The zero-order chi connectivity index (χ0) is 12.1. The SMILES string of the molecule is CC1(C)CN(CCc2cccnc2)CCCN1. The largest absolute Gasteiger partial charge is 0.310 e. The van der Waals surface area contributed by atoms with E-state index in [-0.39, 0.29) is 5.54 Å². The van der Waals surface area contributed by atoms with Crippen molar-refractivity contribution in [2.24, 2.45) is 0 Å². The molecule has 0 aromatic carbocycles. The summed E-state index contributed by atoms with van der Waals surface area (Å²) in [5.74, 6) is 0. The Morgan fingerprint density at radius 2 is 2.35 bits per heavy atom. The van der Waals surface area contributed by atoms with E-state index in [1.807, 2.05) is 18.5 Å². The summed E-state index contributed by atoms with van der Waals surface area (Å²) in [6, 6.07) is 4.18. The van der Waals surface area contributed by atoms with Crippen molar-refractivity contribution in [2.75, 3.05) is 26.2 Å². The van der Waals surface area contributed by atoms with Crippen LogP contribution in [0.1, 0.15) is 25.8 Å². The molecule has 1 saturated heterocycles. The Kier molecular flexibility index (Phi) is 4.13. The first kappa shape index (κ1) is 12.5. The van der Waals surface area contributed by atoms with Crippen molar-refractivity contribution in [3.05, 3.63) is 30.1 Å². The van der Waals surface area contributed by atoms with Gasteiger partial charge in [-0.15, -0.1) is 0 Å². The highest BCUT2D eigenvalue weighted by Crippen LogP contribution is 2.11. The highest BCUT2D eigenvalue weighted by Gasteiger charge is 2.23. The fourth-order valence-electron chi connectivity index (χ4n) is 2.45. The smallest absolute Gasteiger partial charge is 0.0300 e. The topological polar surface area (TPSA) is 28.2 Å². The summed E-state index contributed by atoms with van der Waals surface area (Å²) >= 11 is 0. The van der Waals surface area contributed by atoms with E-state index >= 15 is 0 Å². The monoisotopic (exact) mass is 233 g/mol. The van der Waals surface area contributed by atoms with E-state index in [1.54, 1.807) is 0 Å². The molecule has 94 valence electrons.